The SMILES string of the molecule is CC(C)N1CCCC1c1cccc(-c2cc(F)ccc2C(=O)O)n1. The summed E-state index contributed by atoms with van der Waals surface area (Å²) in [7, 11) is 0. The second kappa shape index (κ2) is 6.69. The maximum atomic E-state index is 13.6. The third-order valence-electron chi connectivity index (χ3n) is 4.56. The van der Waals surface area contributed by atoms with Crippen LogP contribution in [0.3, 0.4) is 0 Å². The van der Waals surface area contributed by atoms with Crippen molar-refractivity contribution < 1.29 is 14.3 Å². The number of nitrogens with zero attached hydrogens (tertiary/aromatic N) is 2. The van der Waals surface area contributed by atoms with Crippen LogP contribution in [0.25, 0.3) is 11.3 Å². The van der Waals surface area contributed by atoms with Gasteiger partial charge >= 0.3 is 5.97 Å². The molecule has 0 saturated carbocycles. The van der Waals surface area contributed by atoms with Crippen LogP contribution >= 0.6 is 0 Å². The number of carboxylic acid groups (broad SMARTS) is 1. The van der Waals surface area contributed by atoms with Gasteiger partial charge in [0.1, 0.15) is 5.82 Å². The predicted octanol–water partition coefficient (Wildman–Crippen LogP) is 4.13. The summed E-state index contributed by atoms with van der Waals surface area (Å²) in [6, 6.07) is 9.91. The van der Waals surface area contributed by atoms with Gasteiger partial charge < -0.3 is 5.11 Å². The first-order valence-corrected chi connectivity index (χ1v) is 8.23. The third-order valence-corrected chi connectivity index (χ3v) is 4.56. The number of carbonyl (C=O) groups is 1. The number of pyridine rings is 1. The monoisotopic (exact) mass is 328 g/mol. The minimum atomic E-state index is -1.08. The van der Waals surface area contributed by atoms with E-state index < -0.39 is 11.8 Å². The predicted molar refractivity (Wildman–Crippen MR) is 90.4 cm³/mol. The summed E-state index contributed by atoms with van der Waals surface area (Å²) in [5, 5.41) is 9.36. The van der Waals surface area contributed by atoms with Crippen molar-refractivity contribution in [2.24, 2.45) is 0 Å². The van der Waals surface area contributed by atoms with E-state index in [-0.39, 0.29) is 11.6 Å². The highest BCUT2D eigenvalue weighted by molar-refractivity contribution is 5.95. The van der Waals surface area contributed by atoms with E-state index >= 15 is 0 Å². The van der Waals surface area contributed by atoms with Crippen molar-refractivity contribution in [2.45, 2.75) is 38.8 Å². The van der Waals surface area contributed by atoms with Crippen molar-refractivity contribution in [3.05, 3.63) is 53.5 Å². The molecule has 1 aliphatic heterocycles. The summed E-state index contributed by atoms with van der Waals surface area (Å²) in [4.78, 5) is 18.5. The molecule has 1 aromatic heterocycles. The fraction of sp³-hybridized carbons (Fsp3) is 0.368. The largest absolute Gasteiger partial charge is 0.478 e. The van der Waals surface area contributed by atoms with Crippen molar-refractivity contribution in [1.82, 2.24) is 9.88 Å². The lowest BCUT2D eigenvalue weighted by atomic mass is 10.0. The molecule has 1 fully saturated rings. The molecule has 1 atom stereocenters. The van der Waals surface area contributed by atoms with Gasteiger partial charge in [0.25, 0.3) is 0 Å². The van der Waals surface area contributed by atoms with E-state index in [4.69, 9.17) is 0 Å². The Hall–Kier alpha value is -2.27. The van der Waals surface area contributed by atoms with Gasteiger partial charge in [0.2, 0.25) is 0 Å². The van der Waals surface area contributed by atoms with Crippen LogP contribution in [0.5, 0.6) is 0 Å². The molecule has 1 unspecified atom stereocenters. The van der Waals surface area contributed by atoms with Gasteiger partial charge in [-0.2, -0.15) is 0 Å². The molecule has 1 N–H and O–H groups in total. The number of likely N-dealkylation sites (tertiary alicyclic amines) is 1. The Labute approximate surface area is 141 Å². The van der Waals surface area contributed by atoms with Gasteiger partial charge in [0.15, 0.2) is 0 Å². The fourth-order valence-corrected chi connectivity index (χ4v) is 3.43. The Bertz CT molecular complexity index is 761. The number of rotatable bonds is 4. The first-order valence-electron chi connectivity index (χ1n) is 8.23. The van der Waals surface area contributed by atoms with E-state index in [1.165, 1.54) is 12.1 Å². The first kappa shape index (κ1) is 16.6. The maximum Gasteiger partial charge on any atom is 0.336 e. The second-order valence-electron chi connectivity index (χ2n) is 6.43. The van der Waals surface area contributed by atoms with Crippen LogP contribution in [0.4, 0.5) is 4.39 Å². The number of benzene rings is 1. The second-order valence-corrected chi connectivity index (χ2v) is 6.43. The van der Waals surface area contributed by atoms with Crippen molar-refractivity contribution in [3.8, 4) is 11.3 Å². The van der Waals surface area contributed by atoms with E-state index in [1.807, 2.05) is 12.1 Å². The summed E-state index contributed by atoms with van der Waals surface area (Å²) in [5.74, 6) is -1.55. The number of hydrogen-bond donors (Lipinski definition) is 1. The molecule has 5 heteroatoms. The zero-order valence-corrected chi connectivity index (χ0v) is 13.9. The Morgan fingerprint density at radius 1 is 1.33 bits per heavy atom. The maximum absolute atomic E-state index is 13.6. The average molecular weight is 328 g/mol. The number of halogens is 1. The molecular weight excluding hydrogens is 307 g/mol. The quantitative estimate of drug-likeness (QED) is 0.917. The highest BCUT2D eigenvalue weighted by Gasteiger charge is 2.29. The zero-order chi connectivity index (χ0) is 17.3. The Kier molecular flexibility index (Phi) is 4.62. The molecule has 0 radical (unpaired) electrons. The van der Waals surface area contributed by atoms with Gasteiger partial charge in [-0.25, -0.2) is 9.18 Å². The lowest BCUT2D eigenvalue weighted by Gasteiger charge is -2.28. The van der Waals surface area contributed by atoms with Gasteiger partial charge in [-0.15, -0.1) is 0 Å². The molecular formula is C19H21FN2O2. The van der Waals surface area contributed by atoms with Crippen molar-refractivity contribution in [2.75, 3.05) is 6.54 Å². The van der Waals surface area contributed by atoms with Gasteiger partial charge in [0.05, 0.1) is 23.0 Å². The summed E-state index contributed by atoms with van der Waals surface area (Å²) in [5.41, 5.74) is 1.80. The van der Waals surface area contributed by atoms with Crippen LogP contribution < -0.4 is 0 Å². The lowest BCUT2D eigenvalue weighted by Crippen LogP contribution is -2.30. The van der Waals surface area contributed by atoms with E-state index in [2.05, 4.69) is 23.7 Å². The fourth-order valence-electron chi connectivity index (χ4n) is 3.43. The highest BCUT2D eigenvalue weighted by Crippen LogP contribution is 2.34. The van der Waals surface area contributed by atoms with Gasteiger partial charge in [-0.05, 0) is 63.6 Å². The van der Waals surface area contributed by atoms with Crippen LogP contribution in [-0.4, -0.2) is 33.5 Å². The number of hydrogen-bond acceptors (Lipinski definition) is 3. The van der Waals surface area contributed by atoms with E-state index in [0.717, 1.165) is 31.1 Å². The van der Waals surface area contributed by atoms with E-state index in [9.17, 15) is 14.3 Å². The number of aromatic nitrogens is 1. The normalized spacial score (nSPS) is 18.2. The molecule has 0 spiro atoms. The van der Waals surface area contributed by atoms with Crippen molar-refractivity contribution >= 4 is 5.97 Å². The molecule has 24 heavy (non-hydrogen) atoms. The van der Waals surface area contributed by atoms with Gasteiger partial charge in [-0.1, -0.05) is 6.07 Å². The molecule has 1 aliphatic rings. The van der Waals surface area contributed by atoms with Crippen molar-refractivity contribution in [1.29, 1.82) is 0 Å². The topological polar surface area (TPSA) is 53.4 Å². The van der Waals surface area contributed by atoms with Crippen LogP contribution in [0, 0.1) is 5.82 Å². The van der Waals surface area contributed by atoms with Crippen LogP contribution in [0.2, 0.25) is 0 Å². The molecule has 3 rings (SSSR count). The van der Waals surface area contributed by atoms with E-state index in [0.29, 0.717) is 17.3 Å². The summed E-state index contributed by atoms with van der Waals surface area (Å²) in [6.45, 7) is 5.36. The smallest absolute Gasteiger partial charge is 0.336 e. The Morgan fingerprint density at radius 3 is 2.83 bits per heavy atom. The van der Waals surface area contributed by atoms with Gasteiger partial charge in [-0.3, -0.25) is 9.88 Å². The Balaban J connectivity index is 2.03. The minimum absolute atomic E-state index is 0.0631. The molecule has 0 bridgehead atoms. The molecule has 0 aliphatic carbocycles. The minimum Gasteiger partial charge on any atom is -0.478 e. The zero-order valence-electron chi connectivity index (χ0n) is 13.9. The molecule has 2 heterocycles. The van der Waals surface area contributed by atoms with Crippen LogP contribution in [0.1, 0.15) is 48.8 Å². The van der Waals surface area contributed by atoms with E-state index in [1.54, 1.807) is 6.07 Å². The molecule has 0 amide bonds. The highest BCUT2D eigenvalue weighted by atomic mass is 19.1. The average Bonchev–Trinajstić information content (AvgIpc) is 3.04. The number of carboxylic acids is 1. The molecule has 1 aromatic carbocycles. The summed E-state index contributed by atoms with van der Waals surface area (Å²) in [6.07, 6.45) is 2.15. The standard InChI is InChI=1S/C19H21FN2O2/c1-12(2)22-10-4-7-18(22)17-6-3-5-16(21-17)15-11-13(20)8-9-14(15)19(23)24/h3,5-6,8-9,11-12,18H,4,7,10H2,1-2H3,(H,23,24). The lowest BCUT2D eigenvalue weighted by molar-refractivity contribution is 0.0697. The first-order chi connectivity index (χ1) is 11.5. The van der Waals surface area contributed by atoms with Gasteiger partial charge in [0, 0.05) is 11.6 Å². The molecule has 1 saturated heterocycles. The Morgan fingerprint density at radius 2 is 2.12 bits per heavy atom. The summed E-state index contributed by atoms with van der Waals surface area (Å²) >= 11 is 0. The molecule has 126 valence electrons. The summed E-state index contributed by atoms with van der Waals surface area (Å²) < 4.78 is 13.6. The number of aromatic carboxylic acids is 1. The molecule has 4 nitrogen and oxygen atoms in total. The third kappa shape index (κ3) is 3.17. The van der Waals surface area contributed by atoms with Crippen LogP contribution in [-0.2, 0) is 0 Å². The molecule has 2 aromatic rings. The van der Waals surface area contributed by atoms with Crippen molar-refractivity contribution in [3.63, 3.8) is 0 Å². The van der Waals surface area contributed by atoms with Crippen LogP contribution in [0.15, 0.2) is 36.4 Å².